The lowest BCUT2D eigenvalue weighted by Crippen LogP contribution is -2.45. The van der Waals surface area contributed by atoms with Gasteiger partial charge in [-0.1, -0.05) is 18.7 Å². The molecule has 0 bridgehead atoms. The fourth-order valence-electron chi connectivity index (χ4n) is 3.60. The second kappa shape index (κ2) is 9.24. The minimum absolute atomic E-state index is 0.00769. The van der Waals surface area contributed by atoms with Crippen LogP contribution in [0.15, 0.2) is 49.3 Å². The fourth-order valence-corrected chi connectivity index (χ4v) is 3.60. The van der Waals surface area contributed by atoms with Crippen LogP contribution in [0, 0.1) is 0 Å². The molecule has 6 nitrogen and oxygen atoms in total. The van der Waals surface area contributed by atoms with Crippen molar-refractivity contribution in [2.45, 2.75) is 37.4 Å². The Labute approximate surface area is 186 Å². The first kappa shape index (κ1) is 24.3. The van der Waals surface area contributed by atoms with Crippen LogP contribution >= 0.6 is 0 Å². The van der Waals surface area contributed by atoms with Gasteiger partial charge in [0, 0.05) is 24.9 Å². The first-order valence-corrected chi connectivity index (χ1v) is 9.96. The summed E-state index contributed by atoms with van der Waals surface area (Å²) in [5.41, 5.74) is -0.350. The van der Waals surface area contributed by atoms with E-state index in [1.54, 1.807) is 6.92 Å². The summed E-state index contributed by atoms with van der Waals surface area (Å²) in [6.45, 7) is 4.76. The number of anilines is 1. The molecule has 0 N–H and O–H groups in total. The maximum absolute atomic E-state index is 14.1. The van der Waals surface area contributed by atoms with Crippen LogP contribution in [-0.2, 0) is 15.7 Å². The summed E-state index contributed by atoms with van der Waals surface area (Å²) in [7, 11) is 0. The lowest BCUT2D eigenvalue weighted by molar-refractivity contribution is -0.138. The van der Waals surface area contributed by atoms with E-state index in [1.807, 2.05) is 0 Å². The summed E-state index contributed by atoms with van der Waals surface area (Å²) in [5, 5.41) is 0. The molecule has 0 saturated carbocycles. The number of rotatable bonds is 7. The molecule has 0 spiro atoms. The highest BCUT2D eigenvalue weighted by atomic mass is 19.4. The fraction of sp³-hybridized carbons (Fsp3) is 0.364. The van der Waals surface area contributed by atoms with Crippen LogP contribution in [0.4, 0.5) is 27.9 Å². The lowest BCUT2D eigenvalue weighted by atomic mass is 9.93. The van der Waals surface area contributed by atoms with E-state index in [9.17, 15) is 31.5 Å². The molecule has 1 aliphatic heterocycles. The Morgan fingerprint density at radius 2 is 1.76 bits per heavy atom. The highest BCUT2D eigenvalue weighted by Crippen LogP contribution is 2.38. The van der Waals surface area contributed by atoms with Crippen molar-refractivity contribution in [3.63, 3.8) is 0 Å². The van der Waals surface area contributed by atoms with E-state index in [0.717, 1.165) is 24.5 Å². The molecule has 0 amide bonds. The van der Waals surface area contributed by atoms with Crippen molar-refractivity contribution in [1.29, 1.82) is 0 Å². The number of carbonyl (C=O) groups is 2. The van der Waals surface area contributed by atoms with E-state index in [0.29, 0.717) is 5.56 Å². The Balaban J connectivity index is 1.91. The molecule has 1 aromatic heterocycles. The number of hydrogen-bond acceptors (Lipinski definition) is 6. The van der Waals surface area contributed by atoms with Crippen LogP contribution in [0.1, 0.15) is 40.7 Å². The Morgan fingerprint density at radius 1 is 1.15 bits per heavy atom. The van der Waals surface area contributed by atoms with Crippen LogP contribution in [0.2, 0.25) is 0 Å². The van der Waals surface area contributed by atoms with E-state index >= 15 is 0 Å². The van der Waals surface area contributed by atoms with Gasteiger partial charge in [0.1, 0.15) is 0 Å². The Bertz CT molecular complexity index is 1020. The molecule has 176 valence electrons. The van der Waals surface area contributed by atoms with Gasteiger partial charge in [-0.15, -0.1) is 0 Å². The van der Waals surface area contributed by atoms with Gasteiger partial charge in [0.15, 0.2) is 0 Å². The molecular weight excluding hydrogens is 449 g/mol. The van der Waals surface area contributed by atoms with Gasteiger partial charge in [0.2, 0.25) is 11.7 Å². The van der Waals surface area contributed by atoms with Crippen molar-refractivity contribution in [1.82, 2.24) is 9.97 Å². The van der Waals surface area contributed by atoms with E-state index in [-0.39, 0.29) is 37.2 Å². The summed E-state index contributed by atoms with van der Waals surface area (Å²) < 4.78 is 71.7. The summed E-state index contributed by atoms with van der Waals surface area (Å²) >= 11 is 0. The minimum Gasteiger partial charge on any atom is -0.462 e. The SMILES string of the molecule is C=CC(F)(F)C(=O)[C@@H]1CC(c2ccc(C(F)(F)F)cc2)CN1c1ncc(C(=O)OCC)cn1. The predicted octanol–water partition coefficient (Wildman–Crippen LogP) is 4.43. The molecule has 11 heteroatoms. The number of halogens is 5. The molecule has 33 heavy (non-hydrogen) atoms. The van der Waals surface area contributed by atoms with Gasteiger partial charge in [-0.2, -0.15) is 22.0 Å². The monoisotopic (exact) mass is 469 g/mol. The standard InChI is InChI=1S/C22H20F5N3O3/c1-3-21(23,24)18(31)17-9-14(13-5-7-16(8-6-13)22(25,26)27)12-30(17)20-28-10-15(11-29-20)19(32)33-4-2/h3,5-8,10-11,14,17H,1,4,9,12H2,2H3/t14?,17-/m0/s1. The number of nitrogens with zero attached hydrogens (tertiary/aromatic N) is 3. The average Bonchev–Trinajstić information content (AvgIpc) is 3.23. The van der Waals surface area contributed by atoms with Gasteiger partial charge in [0.25, 0.3) is 0 Å². The molecule has 1 unspecified atom stereocenters. The normalized spacial score (nSPS) is 18.8. The van der Waals surface area contributed by atoms with Crippen LogP contribution in [0.3, 0.4) is 0 Å². The first-order valence-electron chi connectivity index (χ1n) is 9.96. The molecule has 1 saturated heterocycles. The van der Waals surface area contributed by atoms with Crippen molar-refractivity contribution in [3.05, 3.63) is 66.0 Å². The van der Waals surface area contributed by atoms with Crippen LogP contribution in [0.25, 0.3) is 0 Å². The van der Waals surface area contributed by atoms with Gasteiger partial charge in [-0.25, -0.2) is 14.8 Å². The highest BCUT2D eigenvalue weighted by Gasteiger charge is 2.48. The zero-order chi connectivity index (χ0) is 24.4. The largest absolute Gasteiger partial charge is 0.462 e. The molecule has 2 heterocycles. The topological polar surface area (TPSA) is 72.4 Å². The Hall–Kier alpha value is -3.37. The zero-order valence-corrected chi connectivity index (χ0v) is 17.5. The third-order valence-electron chi connectivity index (χ3n) is 5.30. The molecule has 1 aliphatic rings. The Kier molecular flexibility index (Phi) is 6.80. The van der Waals surface area contributed by atoms with Crippen molar-refractivity contribution < 1.29 is 36.3 Å². The molecule has 1 aromatic carbocycles. The first-order chi connectivity index (χ1) is 15.5. The molecule has 3 rings (SSSR count). The van der Waals surface area contributed by atoms with Gasteiger partial charge in [-0.05, 0) is 37.1 Å². The second-order valence-electron chi connectivity index (χ2n) is 7.40. The molecule has 0 radical (unpaired) electrons. The highest BCUT2D eigenvalue weighted by molar-refractivity contribution is 5.95. The number of esters is 1. The van der Waals surface area contributed by atoms with Gasteiger partial charge in [0.05, 0.1) is 23.8 Å². The quantitative estimate of drug-likeness (QED) is 0.340. The number of carbonyl (C=O) groups excluding carboxylic acids is 2. The summed E-state index contributed by atoms with van der Waals surface area (Å²) in [5.74, 6) is -6.52. The number of alkyl halides is 5. The van der Waals surface area contributed by atoms with Crippen molar-refractivity contribution in [3.8, 4) is 0 Å². The number of hydrogen-bond donors (Lipinski definition) is 0. The van der Waals surface area contributed by atoms with Crippen LogP contribution in [-0.4, -0.2) is 46.8 Å². The van der Waals surface area contributed by atoms with Crippen molar-refractivity contribution in [2.24, 2.45) is 0 Å². The van der Waals surface area contributed by atoms with Crippen molar-refractivity contribution >= 4 is 17.7 Å². The number of Topliss-reactive ketones (excluding diaryl/α,β-unsaturated/α-hetero) is 1. The maximum Gasteiger partial charge on any atom is 0.416 e. The van der Waals surface area contributed by atoms with E-state index in [4.69, 9.17) is 4.74 Å². The van der Waals surface area contributed by atoms with Gasteiger partial charge in [-0.3, -0.25) is 4.79 Å². The number of aromatic nitrogens is 2. The molecule has 2 aromatic rings. The molecular formula is C22H20F5N3O3. The number of allylic oxidation sites excluding steroid dienone is 1. The van der Waals surface area contributed by atoms with Crippen molar-refractivity contribution in [2.75, 3.05) is 18.1 Å². The smallest absolute Gasteiger partial charge is 0.416 e. The summed E-state index contributed by atoms with van der Waals surface area (Å²) in [6, 6.07) is 2.97. The second-order valence-corrected chi connectivity index (χ2v) is 7.40. The van der Waals surface area contributed by atoms with Gasteiger partial charge < -0.3 is 9.64 Å². The van der Waals surface area contributed by atoms with Crippen LogP contribution in [0.5, 0.6) is 0 Å². The van der Waals surface area contributed by atoms with Crippen LogP contribution < -0.4 is 4.90 Å². The van der Waals surface area contributed by atoms with E-state index in [1.165, 1.54) is 17.0 Å². The Morgan fingerprint density at radius 3 is 2.27 bits per heavy atom. The minimum atomic E-state index is -4.51. The third kappa shape index (κ3) is 5.18. The van der Waals surface area contributed by atoms with Gasteiger partial charge >= 0.3 is 18.1 Å². The third-order valence-corrected chi connectivity index (χ3v) is 5.30. The average molecular weight is 469 g/mol. The molecule has 1 fully saturated rings. The lowest BCUT2D eigenvalue weighted by Gasteiger charge is -2.25. The van der Waals surface area contributed by atoms with E-state index in [2.05, 4.69) is 16.5 Å². The maximum atomic E-state index is 14.1. The predicted molar refractivity (Wildman–Crippen MR) is 108 cm³/mol. The summed E-state index contributed by atoms with van der Waals surface area (Å²) in [6.07, 6.45) is -2.06. The number of ether oxygens (including phenoxy) is 1. The summed E-state index contributed by atoms with van der Waals surface area (Å²) in [4.78, 5) is 33.7. The molecule has 0 aliphatic carbocycles. The van der Waals surface area contributed by atoms with E-state index < -0.39 is 41.4 Å². The zero-order valence-electron chi connectivity index (χ0n) is 17.5. The number of benzene rings is 1. The molecule has 2 atom stereocenters. The number of ketones is 1.